The molecule has 1 atom stereocenters. The number of piperidine rings is 2. The summed E-state index contributed by atoms with van der Waals surface area (Å²) in [7, 11) is 0. The van der Waals surface area contributed by atoms with Gasteiger partial charge >= 0.3 is 0 Å². The van der Waals surface area contributed by atoms with Crippen LogP contribution in [0, 0.1) is 11.7 Å². The second-order valence-corrected chi connectivity index (χ2v) is 12.6. The van der Waals surface area contributed by atoms with E-state index in [0.29, 0.717) is 35.0 Å². The van der Waals surface area contributed by atoms with Crippen molar-refractivity contribution in [2.45, 2.75) is 89.8 Å². The fraction of sp³-hybridized carbons (Fsp3) is 0.543. The molecule has 1 amide bonds. The van der Waals surface area contributed by atoms with Crippen LogP contribution in [0.1, 0.15) is 87.1 Å². The summed E-state index contributed by atoms with van der Waals surface area (Å²) in [6, 6.07) is 15.6. The number of hydrogen-bond donors (Lipinski definition) is 1. The number of pyridine rings is 1. The average Bonchev–Trinajstić information content (AvgIpc) is 3.02. The third kappa shape index (κ3) is 6.49. The highest BCUT2D eigenvalue weighted by Crippen LogP contribution is 2.34. The molecule has 6 heteroatoms. The molecule has 5 nitrogen and oxygen atoms in total. The van der Waals surface area contributed by atoms with Gasteiger partial charge in [-0.05, 0) is 95.7 Å². The van der Waals surface area contributed by atoms with Crippen LogP contribution in [0.3, 0.4) is 0 Å². The number of rotatable bonds is 7. The van der Waals surface area contributed by atoms with Gasteiger partial charge in [0.15, 0.2) is 0 Å². The lowest BCUT2D eigenvalue weighted by Gasteiger charge is -2.40. The highest BCUT2D eigenvalue weighted by Gasteiger charge is 2.30. The van der Waals surface area contributed by atoms with Gasteiger partial charge in [-0.2, -0.15) is 0 Å². The van der Waals surface area contributed by atoms with Crippen LogP contribution in [0.25, 0.3) is 22.2 Å². The summed E-state index contributed by atoms with van der Waals surface area (Å²) in [5.41, 5.74) is 3.99. The highest BCUT2D eigenvalue weighted by molar-refractivity contribution is 6.09. The van der Waals surface area contributed by atoms with Crippen LogP contribution in [0.5, 0.6) is 0 Å². The van der Waals surface area contributed by atoms with Crippen LogP contribution in [-0.4, -0.2) is 59.0 Å². The van der Waals surface area contributed by atoms with Crippen molar-refractivity contribution >= 4 is 16.8 Å². The molecule has 0 radical (unpaired) electrons. The Bertz CT molecular complexity index is 1330. The Balaban J connectivity index is 1.35. The molecule has 1 aliphatic carbocycles. The normalized spacial score (nSPS) is 20.7. The molecule has 1 N–H and O–H groups in total. The van der Waals surface area contributed by atoms with Gasteiger partial charge in [0.05, 0.1) is 16.8 Å². The van der Waals surface area contributed by atoms with Crippen molar-refractivity contribution in [3.8, 4) is 11.3 Å². The zero-order chi connectivity index (χ0) is 28.2. The Morgan fingerprint density at radius 1 is 0.927 bits per heavy atom. The van der Waals surface area contributed by atoms with Crippen LogP contribution < -0.4 is 5.32 Å². The fourth-order valence-corrected chi connectivity index (χ4v) is 7.50. The lowest BCUT2D eigenvalue weighted by molar-refractivity contribution is 0.0878. The number of carbonyl (C=O) groups is 1. The molecule has 3 heterocycles. The van der Waals surface area contributed by atoms with Gasteiger partial charge in [-0.1, -0.05) is 56.0 Å². The first-order valence-electron chi connectivity index (χ1n) is 16.0. The molecule has 3 aliphatic rings. The number of benzene rings is 2. The smallest absolute Gasteiger partial charge is 0.252 e. The third-order valence-electron chi connectivity index (χ3n) is 9.88. The molecule has 0 unspecified atom stereocenters. The summed E-state index contributed by atoms with van der Waals surface area (Å²) in [6.07, 6.45) is 12.3. The van der Waals surface area contributed by atoms with Crippen LogP contribution in [-0.2, 0) is 6.54 Å². The fourth-order valence-electron chi connectivity index (χ4n) is 7.50. The van der Waals surface area contributed by atoms with Crippen molar-refractivity contribution in [2.24, 2.45) is 5.92 Å². The van der Waals surface area contributed by atoms with E-state index in [4.69, 9.17) is 4.98 Å². The lowest BCUT2D eigenvalue weighted by atomic mass is 9.84. The topological polar surface area (TPSA) is 48.5 Å². The van der Waals surface area contributed by atoms with Crippen molar-refractivity contribution < 1.29 is 9.18 Å². The van der Waals surface area contributed by atoms with Gasteiger partial charge in [0.1, 0.15) is 5.82 Å². The first kappa shape index (κ1) is 28.3. The van der Waals surface area contributed by atoms with E-state index in [1.807, 2.05) is 18.2 Å². The van der Waals surface area contributed by atoms with Crippen molar-refractivity contribution in [1.29, 1.82) is 0 Å². The molecule has 3 aromatic rings. The maximum atomic E-state index is 14.7. The van der Waals surface area contributed by atoms with Crippen LogP contribution in [0.2, 0.25) is 0 Å². The molecule has 1 saturated carbocycles. The van der Waals surface area contributed by atoms with Gasteiger partial charge in [0.2, 0.25) is 0 Å². The average molecular weight is 557 g/mol. The molecule has 0 spiro atoms. The number of carbonyl (C=O) groups excluding carboxylic acids is 1. The minimum atomic E-state index is -0.338. The van der Waals surface area contributed by atoms with Gasteiger partial charge in [-0.15, -0.1) is 0 Å². The number of aromatic nitrogens is 1. The zero-order valence-corrected chi connectivity index (χ0v) is 24.6. The van der Waals surface area contributed by atoms with Crippen LogP contribution in [0.15, 0.2) is 48.5 Å². The molecule has 3 fully saturated rings. The van der Waals surface area contributed by atoms with Crippen LogP contribution in [0.4, 0.5) is 4.39 Å². The van der Waals surface area contributed by atoms with E-state index >= 15 is 0 Å². The minimum absolute atomic E-state index is 0.0767. The van der Waals surface area contributed by atoms with Crippen molar-refractivity contribution in [2.75, 3.05) is 26.2 Å². The lowest BCUT2D eigenvalue weighted by Crippen LogP contribution is -2.46. The van der Waals surface area contributed by atoms with E-state index in [-0.39, 0.29) is 17.8 Å². The number of hydrogen-bond acceptors (Lipinski definition) is 4. The molecular weight excluding hydrogens is 511 g/mol. The maximum Gasteiger partial charge on any atom is 0.252 e. The molecule has 41 heavy (non-hydrogen) atoms. The predicted octanol–water partition coefficient (Wildman–Crippen LogP) is 7.19. The quantitative estimate of drug-likeness (QED) is 0.335. The first-order valence-corrected chi connectivity index (χ1v) is 16.0. The van der Waals surface area contributed by atoms with Crippen molar-refractivity contribution in [3.63, 3.8) is 0 Å². The number of nitrogens with zero attached hydrogens (tertiary/aromatic N) is 3. The van der Waals surface area contributed by atoms with Gasteiger partial charge < -0.3 is 10.2 Å². The van der Waals surface area contributed by atoms with Gasteiger partial charge in [0.25, 0.3) is 5.91 Å². The summed E-state index contributed by atoms with van der Waals surface area (Å²) in [5.74, 6) is 0.0503. The highest BCUT2D eigenvalue weighted by atomic mass is 19.1. The van der Waals surface area contributed by atoms with E-state index in [9.17, 15) is 9.18 Å². The summed E-state index contributed by atoms with van der Waals surface area (Å²) >= 11 is 0. The van der Waals surface area contributed by atoms with E-state index in [0.717, 1.165) is 55.6 Å². The predicted molar refractivity (Wildman–Crippen MR) is 164 cm³/mol. The number of halogens is 1. The van der Waals surface area contributed by atoms with E-state index in [1.54, 1.807) is 6.07 Å². The molecule has 218 valence electrons. The second kappa shape index (κ2) is 13.0. The van der Waals surface area contributed by atoms with Gasteiger partial charge in [-0.25, -0.2) is 9.37 Å². The Morgan fingerprint density at radius 2 is 1.63 bits per heavy atom. The van der Waals surface area contributed by atoms with Gasteiger partial charge in [-0.3, -0.25) is 9.69 Å². The van der Waals surface area contributed by atoms with E-state index < -0.39 is 0 Å². The maximum absolute atomic E-state index is 14.7. The minimum Gasteiger partial charge on any atom is -0.349 e. The molecule has 0 bridgehead atoms. The third-order valence-corrected chi connectivity index (χ3v) is 9.88. The summed E-state index contributed by atoms with van der Waals surface area (Å²) in [5, 5.41) is 3.98. The molecule has 2 saturated heterocycles. The van der Waals surface area contributed by atoms with Crippen molar-refractivity contribution in [3.05, 3.63) is 65.5 Å². The SMILES string of the molecule is C[C@H](NC(=O)c1c(CN2CCC(N3CCCCC3)CC2)c(-c2ccccc2)nc2ccc(F)cc12)C1CCCCC1. The Hall–Kier alpha value is -2.83. The monoisotopic (exact) mass is 556 g/mol. The number of nitrogens with one attached hydrogen (secondary N) is 1. The van der Waals surface area contributed by atoms with Crippen molar-refractivity contribution in [1.82, 2.24) is 20.1 Å². The Labute approximate surface area is 244 Å². The largest absolute Gasteiger partial charge is 0.349 e. The van der Waals surface area contributed by atoms with E-state index in [1.165, 1.54) is 63.7 Å². The molecular formula is C35H45FN4O. The first-order chi connectivity index (χ1) is 20.1. The standard InChI is InChI=1S/C35H45FN4O/c1-25(26-11-5-2-6-12-26)37-35(41)33-30-23-28(36)15-16-32(30)38-34(27-13-7-3-8-14-27)31(33)24-39-21-17-29(18-22-39)40-19-9-4-10-20-40/h3,7-8,13-16,23,25-26,29H,2,4-6,9-12,17-22,24H2,1H3,(H,37,41)/t25-/m0/s1. The zero-order valence-electron chi connectivity index (χ0n) is 24.6. The number of fused-ring (bicyclic) bond motifs is 1. The van der Waals surface area contributed by atoms with Gasteiger partial charge in [0, 0.05) is 35.1 Å². The number of likely N-dealkylation sites (tertiary alicyclic amines) is 2. The van der Waals surface area contributed by atoms with E-state index in [2.05, 4.69) is 34.2 Å². The van der Waals surface area contributed by atoms with Crippen LogP contribution >= 0.6 is 0 Å². The number of amides is 1. The summed E-state index contributed by atoms with van der Waals surface area (Å²) in [4.78, 5) is 24.5. The summed E-state index contributed by atoms with van der Waals surface area (Å²) in [6.45, 7) is 7.23. The Kier molecular flexibility index (Phi) is 8.97. The molecule has 2 aliphatic heterocycles. The Morgan fingerprint density at radius 3 is 2.37 bits per heavy atom. The summed E-state index contributed by atoms with van der Waals surface area (Å²) < 4.78 is 14.7. The molecule has 1 aromatic heterocycles. The molecule has 2 aromatic carbocycles. The molecule has 6 rings (SSSR count). The second-order valence-electron chi connectivity index (χ2n) is 12.6.